The highest BCUT2D eigenvalue weighted by Gasteiger charge is 2.38. The summed E-state index contributed by atoms with van der Waals surface area (Å²) in [4.78, 5) is 13.4. The number of carbonyl (C=O) groups excluding carboxylic acids is 1. The van der Waals surface area contributed by atoms with Gasteiger partial charge in [0.15, 0.2) is 0 Å². The van der Waals surface area contributed by atoms with Crippen molar-refractivity contribution >= 4 is 18.5 Å². The van der Waals surface area contributed by atoms with Crippen LogP contribution in [-0.4, -0.2) is 42.9 Å². The highest BCUT2D eigenvalue weighted by molar-refractivity contribution is 7.80. The molecule has 0 radical (unpaired) electrons. The molecule has 0 aromatic heterocycles. The molecule has 80 valence electrons. The van der Waals surface area contributed by atoms with E-state index in [1.807, 2.05) is 4.90 Å². The summed E-state index contributed by atoms with van der Waals surface area (Å²) < 4.78 is 5.10. The number of carbonyl (C=O) groups is 1. The van der Waals surface area contributed by atoms with Crippen LogP contribution in [0.25, 0.3) is 0 Å². The molecule has 1 saturated heterocycles. The van der Waals surface area contributed by atoms with Crippen LogP contribution < -0.4 is 0 Å². The number of rotatable bonds is 3. The zero-order valence-electron chi connectivity index (χ0n) is 8.37. The van der Waals surface area contributed by atoms with Gasteiger partial charge >= 0.3 is 0 Å². The lowest BCUT2D eigenvalue weighted by molar-refractivity contribution is -0.145. The SMILES string of the molecule is O=C1COCCN1CC1(CS)CCC1. The summed E-state index contributed by atoms with van der Waals surface area (Å²) in [6, 6.07) is 0. The van der Waals surface area contributed by atoms with E-state index in [0.29, 0.717) is 12.0 Å². The van der Waals surface area contributed by atoms with Crippen molar-refractivity contribution in [3.8, 4) is 0 Å². The van der Waals surface area contributed by atoms with Crippen LogP contribution in [0.3, 0.4) is 0 Å². The van der Waals surface area contributed by atoms with E-state index >= 15 is 0 Å². The first-order valence-corrected chi connectivity index (χ1v) is 5.85. The Morgan fingerprint density at radius 1 is 1.50 bits per heavy atom. The second kappa shape index (κ2) is 4.11. The summed E-state index contributed by atoms with van der Waals surface area (Å²) in [5.74, 6) is 1.04. The van der Waals surface area contributed by atoms with Crippen molar-refractivity contribution in [1.29, 1.82) is 0 Å². The van der Waals surface area contributed by atoms with Gasteiger partial charge in [0.2, 0.25) is 5.91 Å². The Morgan fingerprint density at radius 2 is 2.29 bits per heavy atom. The van der Waals surface area contributed by atoms with Crippen molar-refractivity contribution in [3.63, 3.8) is 0 Å². The first-order chi connectivity index (χ1) is 6.76. The number of nitrogens with zero attached hydrogens (tertiary/aromatic N) is 1. The van der Waals surface area contributed by atoms with Gasteiger partial charge in [-0.05, 0) is 24.0 Å². The van der Waals surface area contributed by atoms with Crippen molar-refractivity contribution in [2.24, 2.45) is 5.41 Å². The monoisotopic (exact) mass is 215 g/mol. The molecule has 1 aliphatic heterocycles. The highest BCUT2D eigenvalue weighted by Crippen LogP contribution is 2.42. The molecule has 2 fully saturated rings. The Bertz CT molecular complexity index is 223. The van der Waals surface area contributed by atoms with Crippen LogP contribution >= 0.6 is 12.6 Å². The minimum absolute atomic E-state index is 0.143. The number of ether oxygens (including phenoxy) is 1. The molecule has 2 aliphatic rings. The van der Waals surface area contributed by atoms with Gasteiger partial charge in [0.05, 0.1) is 6.61 Å². The van der Waals surface area contributed by atoms with E-state index < -0.39 is 0 Å². The number of morpholine rings is 1. The van der Waals surface area contributed by atoms with Crippen LogP contribution in [0, 0.1) is 5.41 Å². The van der Waals surface area contributed by atoms with E-state index in [9.17, 15) is 4.79 Å². The first-order valence-electron chi connectivity index (χ1n) is 5.22. The molecule has 14 heavy (non-hydrogen) atoms. The maximum atomic E-state index is 11.5. The fourth-order valence-electron chi connectivity index (χ4n) is 2.17. The topological polar surface area (TPSA) is 29.5 Å². The fraction of sp³-hybridized carbons (Fsp3) is 0.900. The molecule has 0 aromatic carbocycles. The van der Waals surface area contributed by atoms with Crippen molar-refractivity contribution in [2.75, 3.05) is 32.1 Å². The van der Waals surface area contributed by atoms with Crippen LogP contribution in [-0.2, 0) is 9.53 Å². The zero-order valence-corrected chi connectivity index (χ0v) is 9.26. The number of amides is 1. The molecule has 0 aromatic rings. The molecule has 1 aliphatic carbocycles. The normalized spacial score (nSPS) is 26.1. The quantitative estimate of drug-likeness (QED) is 0.710. The molecule has 2 rings (SSSR count). The molecule has 0 atom stereocenters. The fourth-order valence-corrected chi connectivity index (χ4v) is 2.58. The maximum Gasteiger partial charge on any atom is 0.248 e. The molecule has 1 amide bonds. The third-order valence-electron chi connectivity index (χ3n) is 3.36. The average Bonchev–Trinajstić information content (AvgIpc) is 2.14. The Kier molecular flexibility index (Phi) is 3.02. The third-order valence-corrected chi connectivity index (χ3v) is 4.03. The van der Waals surface area contributed by atoms with Crippen LogP contribution in [0.4, 0.5) is 0 Å². The third kappa shape index (κ3) is 1.91. The zero-order chi connectivity index (χ0) is 10.0. The van der Waals surface area contributed by atoms with Gasteiger partial charge in [0.1, 0.15) is 6.61 Å². The van der Waals surface area contributed by atoms with Crippen LogP contribution in [0.5, 0.6) is 0 Å². The molecule has 1 saturated carbocycles. The molecule has 0 bridgehead atoms. The maximum absolute atomic E-state index is 11.5. The van der Waals surface area contributed by atoms with Crippen molar-refractivity contribution < 1.29 is 9.53 Å². The summed E-state index contributed by atoms with van der Waals surface area (Å²) in [7, 11) is 0. The minimum Gasteiger partial charge on any atom is -0.370 e. The molecular weight excluding hydrogens is 198 g/mol. The number of thiol groups is 1. The molecule has 0 unspecified atom stereocenters. The second-order valence-corrected chi connectivity index (χ2v) is 4.70. The summed E-state index contributed by atoms with van der Waals surface area (Å²) >= 11 is 4.39. The Balaban J connectivity index is 1.91. The molecule has 1 heterocycles. The first kappa shape index (κ1) is 10.3. The van der Waals surface area contributed by atoms with Gasteiger partial charge in [-0.15, -0.1) is 0 Å². The average molecular weight is 215 g/mol. The summed E-state index contributed by atoms with van der Waals surface area (Å²) in [6.45, 7) is 2.60. The van der Waals surface area contributed by atoms with Crippen LogP contribution in [0.1, 0.15) is 19.3 Å². The predicted octanol–water partition coefficient (Wildman–Crippen LogP) is 0.945. The van der Waals surface area contributed by atoms with Crippen molar-refractivity contribution in [3.05, 3.63) is 0 Å². The standard InChI is InChI=1S/C10H17NO2S/c12-9-6-13-5-4-11(9)7-10(8-14)2-1-3-10/h14H,1-8H2. The van der Waals surface area contributed by atoms with Gasteiger partial charge in [-0.1, -0.05) is 6.42 Å². The van der Waals surface area contributed by atoms with Crippen molar-refractivity contribution in [2.45, 2.75) is 19.3 Å². The van der Waals surface area contributed by atoms with Crippen molar-refractivity contribution in [1.82, 2.24) is 4.90 Å². The second-order valence-electron chi connectivity index (χ2n) is 4.38. The van der Waals surface area contributed by atoms with Crippen LogP contribution in [0.15, 0.2) is 0 Å². The van der Waals surface area contributed by atoms with E-state index in [2.05, 4.69) is 12.6 Å². The Morgan fingerprint density at radius 3 is 2.79 bits per heavy atom. The molecule has 3 nitrogen and oxygen atoms in total. The van der Waals surface area contributed by atoms with E-state index in [0.717, 1.165) is 18.8 Å². The van der Waals surface area contributed by atoms with E-state index in [-0.39, 0.29) is 12.5 Å². The summed E-state index contributed by atoms with van der Waals surface area (Å²) in [6.07, 6.45) is 3.74. The van der Waals surface area contributed by atoms with Gasteiger partial charge in [-0.3, -0.25) is 4.79 Å². The molecule has 4 heteroatoms. The smallest absolute Gasteiger partial charge is 0.248 e. The van der Waals surface area contributed by atoms with Gasteiger partial charge in [0, 0.05) is 13.1 Å². The molecular formula is C10H17NO2S. The summed E-state index contributed by atoms with van der Waals surface area (Å²) in [5.41, 5.74) is 0.316. The Labute approximate surface area is 90.2 Å². The highest BCUT2D eigenvalue weighted by atomic mass is 32.1. The van der Waals surface area contributed by atoms with Gasteiger partial charge in [-0.2, -0.15) is 12.6 Å². The van der Waals surface area contributed by atoms with Gasteiger partial charge in [-0.25, -0.2) is 0 Å². The summed E-state index contributed by atoms with van der Waals surface area (Å²) in [5, 5.41) is 0. The molecule has 0 spiro atoms. The predicted molar refractivity (Wildman–Crippen MR) is 57.5 cm³/mol. The van der Waals surface area contributed by atoms with E-state index in [1.165, 1.54) is 19.3 Å². The lowest BCUT2D eigenvalue weighted by atomic mass is 9.70. The minimum atomic E-state index is 0.143. The largest absolute Gasteiger partial charge is 0.370 e. The Hall–Kier alpha value is -0.220. The number of hydrogen-bond donors (Lipinski definition) is 1. The van der Waals surface area contributed by atoms with E-state index in [1.54, 1.807) is 0 Å². The van der Waals surface area contributed by atoms with Crippen LogP contribution in [0.2, 0.25) is 0 Å². The van der Waals surface area contributed by atoms with Gasteiger partial charge < -0.3 is 9.64 Å². The van der Waals surface area contributed by atoms with E-state index in [4.69, 9.17) is 4.74 Å². The lowest BCUT2D eigenvalue weighted by Crippen LogP contribution is -2.50. The molecule has 0 N–H and O–H groups in total. The number of hydrogen-bond acceptors (Lipinski definition) is 3. The van der Waals surface area contributed by atoms with Gasteiger partial charge in [0.25, 0.3) is 0 Å². The lowest BCUT2D eigenvalue weighted by Gasteiger charge is -2.45.